The Balaban J connectivity index is 1.57. The quantitative estimate of drug-likeness (QED) is 0.875. The minimum Gasteiger partial charge on any atom is -0.369 e. The first kappa shape index (κ1) is 12.9. The van der Waals surface area contributed by atoms with Crippen molar-refractivity contribution in [3.8, 4) is 0 Å². The second kappa shape index (κ2) is 5.93. The van der Waals surface area contributed by atoms with Gasteiger partial charge in [0, 0.05) is 37.9 Å². The number of benzene rings is 1. The summed E-state index contributed by atoms with van der Waals surface area (Å²) in [5, 5.41) is 3.46. The standard InChI is InChI=1S/C16H25N3/c1-14-3-2-4-16(13-14)19-11-9-18(10-12-19)15-5-7-17-8-6-15/h2-4,13,15,17H,5-12H2,1H3. The molecule has 3 rings (SSSR count). The third kappa shape index (κ3) is 3.10. The van der Waals surface area contributed by atoms with Crippen LogP contribution in [0.4, 0.5) is 5.69 Å². The smallest absolute Gasteiger partial charge is 0.0369 e. The third-order valence-corrected chi connectivity index (χ3v) is 4.51. The molecule has 2 heterocycles. The molecule has 0 aliphatic carbocycles. The lowest BCUT2D eigenvalue weighted by Gasteiger charge is -2.41. The van der Waals surface area contributed by atoms with Crippen molar-refractivity contribution in [2.24, 2.45) is 0 Å². The fourth-order valence-corrected chi connectivity index (χ4v) is 3.34. The summed E-state index contributed by atoms with van der Waals surface area (Å²) in [4.78, 5) is 5.23. The van der Waals surface area contributed by atoms with E-state index >= 15 is 0 Å². The van der Waals surface area contributed by atoms with Crippen molar-refractivity contribution in [1.82, 2.24) is 10.2 Å². The normalized spacial score (nSPS) is 22.7. The van der Waals surface area contributed by atoms with Gasteiger partial charge in [0.2, 0.25) is 0 Å². The molecule has 0 unspecified atom stereocenters. The van der Waals surface area contributed by atoms with Crippen molar-refractivity contribution in [3.05, 3.63) is 29.8 Å². The van der Waals surface area contributed by atoms with Crippen molar-refractivity contribution in [2.45, 2.75) is 25.8 Å². The van der Waals surface area contributed by atoms with Crippen molar-refractivity contribution in [3.63, 3.8) is 0 Å². The van der Waals surface area contributed by atoms with Gasteiger partial charge in [-0.25, -0.2) is 0 Å². The number of anilines is 1. The summed E-state index contributed by atoms with van der Waals surface area (Å²) in [6.07, 6.45) is 2.65. The average Bonchev–Trinajstić information content (AvgIpc) is 2.48. The van der Waals surface area contributed by atoms with Crippen molar-refractivity contribution in [1.29, 1.82) is 0 Å². The van der Waals surface area contributed by atoms with Crippen LogP contribution in [0, 0.1) is 6.92 Å². The Morgan fingerprint density at radius 1 is 1.05 bits per heavy atom. The van der Waals surface area contributed by atoms with E-state index < -0.39 is 0 Å². The zero-order chi connectivity index (χ0) is 13.1. The molecule has 0 radical (unpaired) electrons. The van der Waals surface area contributed by atoms with Gasteiger partial charge >= 0.3 is 0 Å². The summed E-state index contributed by atoms with van der Waals surface area (Å²) < 4.78 is 0. The molecule has 19 heavy (non-hydrogen) atoms. The molecule has 104 valence electrons. The highest BCUT2D eigenvalue weighted by Crippen LogP contribution is 2.20. The minimum atomic E-state index is 0.820. The van der Waals surface area contributed by atoms with Crippen LogP contribution in [0.2, 0.25) is 0 Å². The molecule has 0 atom stereocenters. The summed E-state index contributed by atoms with van der Waals surface area (Å²) in [6.45, 7) is 9.36. The molecule has 0 spiro atoms. The van der Waals surface area contributed by atoms with Gasteiger partial charge in [-0.3, -0.25) is 4.90 Å². The Bertz CT molecular complexity index is 404. The van der Waals surface area contributed by atoms with Crippen LogP contribution in [0.15, 0.2) is 24.3 Å². The topological polar surface area (TPSA) is 18.5 Å². The Hall–Kier alpha value is -1.06. The highest BCUT2D eigenvalue weighted by Gasteiger charge is 2.24. The van der Waals surface area contributed by atoms with Crippen LogP contribution in [-0.2, 0) is 0 Å². The zero-order valence-electron chi connectivity index (χ0n) is 11.9. The Kier molecular flexibility index (Phi) is 4.04. The molecular weight excluding hydrogens is 234 g/mol. The maximum atomic E-state index is 3.46. The Labute approximate surface area is 116 Å². The van der Waals surface area contributed by atoms with E-state index in [0.29, 0.717) is 0 Å². The van der Waals surface area contributed by atoms with Crippen LogP contribution in [-0.4, -0.2) is 50.2 Å². The molecule has 3 heteroatoms. The van der Waals surface area contributed by atoms with E-state index in [1.54, 1.807) is 0 Å². The van der Waals surface area contributed by atoms with Crippen LogP contribution in [0.5, 0.6) is 0 Å². The molecular formula is C16H25N3. The van der Waals surface area contributed by atoms with E-state index in [-0.39, 0.29) is 0 Å². The predicted octanol–water partition coefficient (Wildman–Crippen LogP) is 1.87. The molecule has 1 aromatic rings. The number of piperazine rings is 1. The number of rotatable bonds is 2. The SMILES string of the molecule is Cc1cccc(N2CCN(C3CCNCC3)CC2)c1. The number of nitrogens with one attached hydrogen (secondary N) is 1. The number of nitrogens with zero attached hydrogens (tertiary/aromatic N) is 2. The largest absolute Gasteiger partial charge is 0.369 e. The van der Waals surface area contributed by atoms with Gasteiger partial charge in [-0.2, -0.15) is 0 Å². The maximum Gasteiger partial charge on any atom is 0.0369 e. The molecule has 1 N–H and O–H groups in total. The van der Waals surface area contributed by atoms with Gasteiger partial charge in [-0.15, -0.1) is 0 Å². The van der Waals surface area contributed by atoms with Gasteiger partial charge in [0.1, 0.15) is 0 Å². The number of piperidine rings is 1. The molecule has 0 bridgehead atoms. The van der Waals surface area contributed by atoms with E-state index in [2.05, 4.69) is 46.3 Å². The van der Waals surface area contributed by atoms with Crippen LogP contribution in [0.3, 0.4) is 0 Å². The summed E-state index contributed by atoms with van der Waals surface area (Å²) in [6, 6.07) is 9.72. The second-order valence-electron chi connectivity index (χ2n) is 5.84. The molecule has 2 aliphatic heterocycles. The molecule has 1 aromatic carbocycles. The minimum absolute atomic E-state index is 0.820. The number of hydrogen-bond donors (Lipinski definition) is 1. The molecule has 2 aliphatic rings. The van der Waals surface area contributed by atoms with E-state index in [1.165, 1.54) is 63.4 Å². The van der Waals surface area contributed by atoms with E-state index in [0.717, 1.165) is 6.04 Å². The highest BCUT2D eigenvalue weighted by molar-refractivity contribution is 5.48. The first-order valence-corrected chi connectivity index (χ1v) is 7.59. The molecule has 0 aromatic heterocycles. The first-order valence-electron chi connectivity index (χ1n) is 7.59. The molecule has 2 fully saturated rings. The third-order valence-electron chi connectivity index (χ3n) is 4.51. The van der Waals surface area contributed by atoms with Gasteiger partial charge in [-0.1, -0.05) is 12.1 Å². The second-order valence-corrected chi connectivity index (χ2v) is 5.84. The van der Waals surface area contributed by atoms with Crippen molar-refractivity contribution in [2.75, 3.05) is 44.2 Å². The van der Waals surface area contributed by atoms with E-state index in [9.17, 15) is 0 Å². The van der Waals surface area contributed by atoms with Crippen LogP contribution >= 0.6 is 0 Å². The summed E-state index contributed by atoms with van der Waals surface area (Å²) in [5.41, 5.74) is 2.75. The fourth-order valence-electron chi connectivity index (χ4n) is 3.34. The fraction of sp³-hybridized carbons (Fsp3) is 0.625. The highest BCUT2D eigenvalue weighted by atomic mass is 15.3. The van der Waals surface area contributed by atoms with Crippen molar-refractivity contribution < 1.29 is 0 Å². The lowest BCUT2D eigenvalue weighted by molar-refractivity contribution is 0.153. The summed E-state index contributed by atoms with van der Waals surface area (Å²) in [7, 11) is 0. The monoisotopic (exact) mass is 259 g/mol. The molecule has 0 amide bonds. The lowest BCUT2D eigenvalue weighted by atomic mass is 10.0. The van der Waals surface area contributed by atoms with Crippen LogP contribution < -0.4 is 10.2 Å². The van der Waals surface area contributed by atoms with Gasteiger partial charge < -0.3 is 10.2 Å². The Morgan fingerprint density at radius 2 is 1.79 bits per heavy atom. The van der Waals surface area contributed by atoms with Gasteiger partial charge in [0.15, 0.2) is 0 Å². The zero-order valence-corrected chi connectivity index (χ0v) is 11.9. The van der Waals surface area contributed by atoms with E-state index in [1.807, 2.05) is 0 Å². The Morgan fingerprint density at radius 3 is 2.47 bits per heavy atom. The molecule has 0 saturated carbocycles. The van der Waals surface area contributed by atoms with Gasteiger partial charge in [0.05, 0.1) is 0 Å². The van der Waals surface area contributed by atoms with Crippen LogP contribution in [0.1, 0.15) is 18.4 Å². The van der Waals surface area contributed by atoms with Gasteiger partial charge in [0.25, 0.3) is 0 Å². The average molecular weight is 259 g/mol. The van der Waals surface area contributed by atoms with Crippen molar-refractivity contribution >= 4 is 5.69 Å². The lowest BCUT2D eigenvalue weighted by Crippen LogP contribution is -2.52. The number of aryl methyl sites for hydroxylation is 1. The van der Waals surface area contributed by atoms with E-state index in [4.69, 9.17) is 0 Å². The summed E-state index contributed by atoms with van der Waals surface area (Å²) in [5.74, 6) is 0. The first-order chi connectivity index (χ1) is 9.33. The van der Waals surface area contributed by atoms with Crippen LogP contribution in [0.25, 0.3) is 0 Å². The maximum absolute atomic E-state index is 3.46. The molecule has 2 saturated heterocycles. The molecule has 3 nitrogen and oxygen atoms in total. The summed E-state index contributed by atoms with van der Waals surface area (Å²) >= 11 is 0. The number of hydrogen-bond acceptors (Lipinski definition) is 3. The van der Waals surface area contributed by atoms with Gasteiger partial charge in [-0.05, 0) is 50.6 Å². The predicted molar refractivity (Wildman–Crippen MR) is 80.9 cm³/mol.